The molecule has 0 aliphatic carbocycles. The minimum Gasteiger partial charge on any atom is -0.340 e. The van der Waals surface area contributed by atoms with E-state index < -0.39 is 0 Å². The van der Waals surface area contributed by atoms with Gasteiger partial charge >= 0.3 is 0 Å². The maximum absolute atomic E-state index is 12.6. The van der Waals surface area contributed by atoms with Crippen LogP contribution in [-0.2, 0) is 0 Å². The van der Waals surface area contributed by atoms with Gasteiger partial charge in [-0.2, -0.15) is 0 Å². The molecule has 6 heteroatoms. The molecule has 0 bridgehead atoms. The first kappa shape index (κ1) is 16.0. The molecule has 1 amide bonds. The van der Waals surface area contributed by atoms with E-state index in [1.807, 2.05) is 41.8 Å². The van der Waals surface area contributed by atoms with Gasteiger partial charge in [0.2, 0.25) is 0 Å². The second-order valence-electron chi connectivity index (χ2n) is 4.83. The van der Waals surface area contributed by atoms with Crippen LogP contribution in [0.15, 0.2) is 60.2 Å². The Morgan fingerprint density at radius 1 is 1.13 bits per heavy atom. The first-order valence-electron chi connectivity index (χ1n) is 6.84. The highest BCUT2D eigenvalue weighted by molar-refractivity contribution is 7.10. The second-order valence-corrected chi connectivity index (χ2v) is 6.65. The molecule has 23 heavy (non-hydrogen) atoms. The lowest BCUT2D eigenvalue weighted by atomic mass is 10.0. The predicted octanol–water partition coefficient (Wildman–Crippen LogP) is 4.97. The van der Waals surface area contributed by atoms with Gasteiger partial charge in [-0.05, 0) is 35.2 Å². The molecule has 3 rings (SSSR count). The van der Waals surface area contributed by atoms with Crippen molar-refractivity contribution in [3.05, 3.63) is 86.3 Å². The highest BCUT2D eigenvalue weighted by Gasteiger charge is 2.20. The highest BCUT2D eigenvalue weighted by Crippen LogP contribution is 2.28. The Labute approximate surface area is 147 Å². The Balaban J connectivity index is 1.92. The molecule has 1 unspecified atom stereocenters. The largest absolute Gasteiger partial charge is 0.340 e. The summed E-state index contributed by atoms with van der Waals surface area (Å²) in [5, 5.41) is 5.98. The summed E-state index contributed by atoms with van der Waals surface area (Å²) in [5.41, 5.74) is 1.35. The van der Waals surface area contributed by atoms with Gasteiger partial charge in [0.05, 0.1) is 16.6 Å². The number of thiophene rings is 1. The maximum atomic E-state index is 12.6. The van der Waals surface area contributed by atoms with Crippen LogP contribution in [0, 0.1) is 0 Å². The first-order chi connectivity index (χ1) is 11.1. The van der Waals surface area contributed by atoms with Gasteiger partial charge in [-0.1, -0.05) is 41.4 Å². The molecule has 0 aliphatic rings. The van der Waals surface area contributed by atoms with Crippen molar-refractivity contribution in [2.45, 2.75) is 6.04 Å². The summed E-state index contributed by atoms with van der Waals surface area (Å²) in [6.45, 7) is 0. The second kappa shape index (κ2) is 7.13. The van der Waals surface area contributed by atoms with Gasteiger partial charge in [0.15, 0.2) is 0 Å². The summed E-state index contributed by atoms with van der Waals surface area (Å²) >= 11 is 13.6. The van der Waals surface area contributed by atoms with Gasteiger partial charge < -0.3 is 5.32 Å². The number of carbonyl (C=O) groups is 1. The monoisotopic (exact) mass is 362 g/mol. The van der Waals surface area contributed by atoms with Crippen molar-refractivity contribution in [1.82, 2.24) is 10.3 Å². The normalized spacial score (nSPS) is 11.9. The zero-order valence-corrected chi connectivity index (χ0v) is 14.2. The van der Waals surface area contributed by atoms with E-state index in [-0.39, 0.29) is 11.9 Å². The van der Waals surface area contributed by atoms with Crippen LogP contribution < -0.4 is 5.32 Å². The number of carbonyl (C=O) groups excluding carboxylic acids is 1. The molecule has 0 fully saturated rings. The van der Waals surface area contributed by atoms with Crippen molar-refractivity contribution in [2.24, 2.45) is 0 Å². The third kappa shape index (κ3) is 3.72. The predicted molar refractivity (Wildman–Crippen MR) is 94.3 cm³/mol. The molecule has 1 atom stereocenters. The van der Waals surface area contributed by atoms with Crippen LogP contribution in [-0.4, -0.2) is 10.9 Å². The first-order valence-corrected chi connectivity index (χ1v) is 8.48. The molecule has 0 radical (unpaired) electrons. The molecule has 2 aromatic heterocycles. The van der Waals surface area contributed by atoms with Gasteiger partial charge in [-0.3, -0.25) is 9.78 Å². The van der Waals surface area contributed by atoms with Crippen LogP contribution >= 0.6 is 34.5 Å². The topological polar surface area (TPSA) is 42.0 Å². The molecule has 0 saturated heterocycles. The Kier molecular flexibility index (Phi) is 4.96. The summed E-state index contributed by atoms with van der Waals surface area (Å²) in [4.78, 5) is 17.5. The molecule has 1 aromatic carbocycles. The summed E-state index contributed by atoms with van der Waals surface area (Å²) < 4.78 is 0. The number of nitrogens with one attached hydrogen (secondary N) is 1. The Morgan fingerprint density at radius 3 is 2.57 bits per heavy atom. The third-order valence-corrected chi connectivity index (χ3v) is 4.81. The average Bonchev–Trinajstić information content (AvgIpc) is 3.08. The fraction of sp³-hybridized carbons (Fsp3) is 0.0588. The maximum Gasteiger partial charge on any atom is 0.253 e. The molecular formula is C17H12Cl2N2OS. The molecule has 3 aromatic rings. The Morgan fingerprint density at radius 2 is 1.91 bits per heavy atom. The van der Waals surface area contributed by atoms with Crippen LogP contribution in [0.2, 0.25) is 10.0 Å². The summed E-state index contributed by atoms with van der Waals surface area (Å²) in [7, 11) is 0. The number of pyridine rings is 1. The van der Waals surface area contributed by atoms with Crippen molar-refractivity contribution in [3.63, 3.8) is 0 Å². The lowest BCUT2D eigenvalue weighted by Crippen LogP contribution is -2.29. The van der Waals surface area contributed by atoms with E-state index in [4.69, 9.17) is 23.2 Å². The fourth-order valence-corrected chi connectivity index (χ4v) is 3.33. The molecule has 0 aliphatic heterocycles. The number of hydrogen-bond donors (Lipinski definition) is 1. The summed E-state index contributed by atoms with van der Waals surface area (Å²) in [6.07, 6.45) is 3.00. The zero-order chi connectivity index (χ0) is 16.2. The minimum atomic E-state index is -0.260. The van der Waals surface area contributed by atoms with Crippen molar-refractivity contribution in [1.29, 1.82) is 0 Å². The standard InChI is InChI=1S/C17H12Cl2N2OS/c18-12-5-3-11(4-6-12)16(15-2-1-9-23-15)21-17(22)13-7-8-20-10-14(13)19/h1-10,16H,(H,21,22). The van der Waals surface area contributed by atoms with Crippen LogP contribution in [0.3, 0.4) is 0 Å². The van der Waals surface area contributed by atoms with E-state index in [9.17, 15) is 4.79 Å². The number of benzene rings is 1. The molecule has 2 heterocycles. The molecule has 0 spiro atoms. The van der Waals surface area contributed by atoms with E-state index in [1.165, 1.54) is 6.20 Å². The van der Waals surface area contributed by atoms with Crippen molar-refractivity contribution >= 4 is 40.4 Å². The molecule has 0 saturated carbocycles. The SMILES string of the molecule is O=C(NC(c1ccc(Cl)cc1)c1cccs1)c1ccncc1Cl. The number of halogens is 2. The number of rotatable bonds is 4. The highest BCUT2D eigenvalue weighted by atomic mass is 35.5. The average molecular weight is 363 g/mol. The quantitative estimate of drug-likeness (QED) is 0.711. The third-order valence-electron chi connectivity index (χ3n) is 3.32. The van der Waals surface area contributed by atoms with E-state index in [1.54, 1.807) is 23.6 Å². The van der Waals surface area contributed by atoms with E-state index in [2.05, 4.69) is 10.3 Å². The van der Waals surface area contributed by atoms with E-state index in [0.717, 1.165) is 10.4 Å². The number of nitrogens with zero attached hydrogens (tertiary/aromatic N) is 1. The van der Waals surface area contributed by atoms with Gasteiger partial charge in [-0.25, -0.2) is 0 Å². The van der Waals surface area contributed by atoms with Gasteiger partial charge in [0, 0.05) is 22.3 Å². The molecule has 116 valence electrons. The molecular weight excluding hydrogens is 351 g/mol. The van der Waals surface area contributed by atoms with Crippen molar-refractivity contribution in [3.8, 4) is 0 Å². The van der Waals surface area contributed by atoms with Gasteiger partial charge in [0.1, 0.15) is 0 Å². The van der Waals surface area contributed by atoms with Crippen LogP contribution in [0.5, 0.6) is 0 Å². The number of hydrogen-bond acceptors (Lipinski definition) is 3. The smallest absolute Gasteiger partial charge is 0.253 e. The number of amides is 1. The minimum absolute atomic E-state index is 0.245. The van der Waals surface area contributed by atoms with Crippen molar-refractivity contribution in [2.75, 3.05) is 0 Å². The van der Waals surface area contributed by atoms with Crippen LogP contribution in [0.1, 0.15) is 26.8 Å². The Hall–Kier alpha value is -1.88. The van der Waals surface area contributed by atoms with E-state index in [0.29, 0.717) is 15.6 Å². The summed E-state index contributed by atoms with van der Waals surface area (Å²) in [5.74, 6) is -0.245. The number of aromatic nitrogens is 1. The van der Waals surface area contributed by atoms with Crippen LogP contribution in [0.4, 0.5) is 0 Å². The molecule has 3 nitrogen and oxygen atoms in total. The molecule has 1 N–H and O–H groups in total. The lowest BCUT2D eigenvalue weighted by Gasteiger charge is -2.18. The fourth-order valence-electron chi connectivity index (χ4n) is 2.20. The van der Waals surface area contributed by atoms with Crippen LogP contribution in [0.25, 0.3) is 0 Å². The van der Waals surface area contributed by atoms with E-state index >= 15 is 0 Å². The summed E-state index contributed by atoms with van der Waals surface area (Å²) in [6, 6.07) is 12.7. The lowest BCUT2D eigenvalue weighted by molar-refractivity contribution is 0.0943. The zero-order valence-electron chi connectivity index (χ0n) is 11.9. The van der Waals surface area contributed by atoms with Crippen molar-refractivity contribution < 1.29 is 4.79 Å². The van der Waals surface area contributed by atoms with Gasteiger partial charge in [0.25, 0.3) is 5.91 Å². The van der Waals surface area contributed by atoms with Gasteiger partial charge in [-0.15, -0.1) is 11.3 Å². The Bertz CT molecular complexity index is 804.